The SMILES string of the molecule is O=C(Cc1ccc(C2=NN=NC2)cc1)[C@H]1NCC[C@H]1N1CCCCC1. The number of carbonyl (C=O) groups excluding carboxylic acids is 1. The van der Waals surface area contributed by atoms with Crippen LogP contribution in [0.4, 0.5) is 0 Å². The Kier molecular flexibility index (Phi) is 4.99. The third-order valence-corrected chi connectivity index (χ3v) is 5.51. The van der Waals surface area contributed by atoms with Gasteiger partial charge in [-0.25, -0.2) is 0 Å². The molecule has 2 fully saturated rings. The van der Waals surface area contributed by atoms with Gasteiger partial charge in [0.1, 0.15) is 6.54 Å². The molecule has 0 saturated carbocycles. The first-order valence-corrected chi connectivity index (χ1v) is 9.34. The van der Waals surface area contributed by atoms with Crippen LogP contribution in [-0.2, 0) is 11.2 Å². The fourth-order valence-electron chi connectivity index (χ4n) is 4.15. The van der Waals surface area contributed by atoms with Gasteiger partial charge in [-0.1, -0.05) is 30.7 Å². The summed E-state index contributed by atoms with van der Waals surface area (Å²) in [5.41, 5.74) is 2.99. The molecule has 3 aliphatic rings. The van der Waals surface area contributed by atoms with Gasteiger partial charge in [-0.05, 0) is 55.2 Å². The van der Waals surface area contributed by atoms with Crippen LogP contribution in [0.2, 0.25) is 0 Å². The van der Waals surface area contributed by atoms with Crippen molar-refractivity contribution in [3.05, 3.63) is 35.4 Å². The van der Waals surface area contributed by atoms with Crippen molar-refractivity contribution in [3.63, 3.8) is 0 Å². The van der Waals surface area contributed by atoms with E-state index < -0.39 is 0 Å². The second-order valence-corrected chi connectivity index (χ2v) is 7.16. The topological polar surface area (TPSA) is 69.4 Å². The molecule has 0 bridgehead atoms. The third kappa shape index (κ3) is 3.70. The van der Waals surface area contributed by atoms with Crippen LogP contribution in [0.3, 0.4) is 0 Å². The Bertz CT molecular complexity index is 676. The van der Waals surface area contributed by atoms with E-state index in [-0.39, 0.29) is 6.04 Å². The van der Waals surface area contributed by atoms with E-state index in [9.17, 15) is 4.79 Å². The molecule has 132 valence electrons. The molecule has 4 rings (SSSR count). The normalized spacial score (nSPS) is 26.8. The summed E-state index contributed by atoms with van der Waals surface area (Å²) in [4.78, 5) is 15.4. The molecule has 0 amide bonds. The fraction of sp³-hybridized carbons (Fsp3) is 0.579. The molecule has 0 aromatic heterocycles. The molecule has 0 spiro atoms. The van der Waals surface area contributed by atoms with Crippen LogP contribution >= 0.6 is 0 Å². The number of likely N-dealkylation sites (tertiary alicyclic amines) is 1. The first kappa shape index (κ1) is 16.5. The van der Waals surface area contributed by atoms with Gasteiger partial charge >= 0.3 is 0 Å². The Balaban J connectivity index is 1.39. The van der Waals surface area contributed by atoms with Crippen LogP contribution in [0.15, 0.2) is 39.7 Å². The van der Waals surface area contributed by atoms with Crippen molar-refractivity contribution in [2.75, 3.05) is 26.2 Å². The van der Waals surface area contributed by atoms with E-state index in [2.05, 4.69) is 25.7 Å². The van der Waals surface area contributed by atoms with Gasteiger partial charge in [-0.2, -0.15) is 5.11 Å². The first-order chi connectivity index (χ1) is 12.3. The van der Waals surface area contributed by atoms with Crippen LogP contribution in [0, 0.1) is 0 Å². The minimum absolute atomic E-state index is 0.0189. The zero-order chi connectivity index (χ0) is 17.1. The highest BCUT2D eigenvalue weighted by molar-refractivity contribution is 6.02. The van der Waals surface area contributed by atoms with Crippen LogP contribution in [-0.4, -0.2) is 54.7 Å². The second-order valence-electron chi connectivity index (χ2n) is 7.16. The summed E-state index contributed by atoms with van der Waals surface area (Å²) in [7, 11) is 0. The van der Waals surface area contributed by atoms with Crippen molar-refractivity contribution < 1.29 is 4.79 Å². The molecule has 6 nitrogen and oxygen atoms in total. The predicted molar refractivity (Wildman–Crippen MR) is 97.0 cm³/mol. The van der Waals surface area contributed by atoms with E-state index in [1.54, 1.807) is 0 Å². The molecule has 0 radical (unpaired) electrons. The number of nitrogens with one attached hydrogen (secondary N) is 1. The number of Topliss-reactive ketones (excluding diaryl/α,β-unsaturated/α-hetero) is 1. The lowest BCUT2D eigenvalue weighted by Gasteiger charge is -2.34. The molecule has 1 N–H and O–H groups in total. The smallest absolute Gasteiger partial charge is 0.155 e. The van der Waals surface area contributed by atoms with E-state index >= 15 is 0 Å². The minimum Gasteiger partial charge on any atom is -0.306 e. The summed E-state index contributed by atoms with van der Waals surface area (Å²) in [6.07, 6.45) is 5.43. The zero-order valence-electron chi connectivity index (χ0n) is 14.5. The Morgan fingerprint density at radius 2 is 1.96 bits per heavy atom. The highest BCUT2D eigenvalue weighted by atomic mass is 16.1. The summed E-state index contributed by atoms with van der Waals surface area (Å²) in [5.74, 6) is 0.309. The average Bonchev–Trinajstić information content (AvgIpc) is 3.35. The van der Waals surface area contributed by atoms with Gasteiger partial charge < -0.3 is 5.32 Å². The standard InChI is InChI=1S/C19H25N5O/c25-18(19-17(8-9-20-19)24-10-2-1-3-11-24)12-14-4-6-15(7-5-14)16-13-21-23-22-16/h4-7,17,19-20H,1-3,8-13H2/t17-,19+/m1/s1. The number of hydrogen-bond acceptors (Lipinski definition) is 6. The van der Waals surface area contributed by atoms with E-state index in [0.29, 0.717) is 24.8 Å². The molecule has 0 unspecified atom stereocenters. The number of piperidine rings is 1. The largest absolute Gasteiger partial charge is 0.306 e. The minimum atomic E-state index is -0.0189. The van der Waals surface area contributed by atoms with Gasteiger partial charge in [0, 0.05) is 12.5 Å². The number of rotatable bonds is 5. The van der Waals surface area contributed by atoms with Gasteiger partial charge in [-0.3, -0.25) is 9.69 Å². The molecular weight excluding hydrogens is 314 g/mol. The molecule has 3 heterocycles. The Morgan fingerprint density at radius 3 is 2.68 bits per heavy atom. The maximum absolute atomic E-state index is 12.9. The van der Waals surface area contributed by atoms with Gasteiger partial charge in [0.15, 0.2) is 5.78 Å². The molecular formula is C19H25N5O. The number of carbonyl (C=O) groups is 1. The monoisotopic (exact) mass is 339 g/mol. The molecule has 2 atom stereocenters. The fourth-order valence-corrected chi connectivity index (χ4v) is 4.15. The Labute approximate surface area is 148 Å². The van der Waals surface area contributed by atoms with E-state index in [0.717, 1.165) is 42.9 Å². The van der Waals surface area contributed by atoms with Crippen LogP contribution in [0.25, 0.3) is 0 Å². The van der Waals surface area contributed by atoms with Gasteiger partial charge in [-0.15, -0.1) is 5.10 Å². The lowest BCUT2D eigenvalue weighted by Crippen LogP contribution is -2.50. The number of nitrogens with zero attached hydrogens (tertiary/aromatic N) is 4. The maximum Gasteiger partial charge on any atom is 0.155 e. The van der Waals surface area contributed by atoms with Crippen LogP contribution in [0.1, 0.15) is 36.8 Å². The summed E-state index contributed by atoms with van der Waals surface area (Å²) in [6.45, 7) is 3.78. The van der Waals surface area contributed by atoms with Crippen molar-refractivity contribution in [3.8, 4) is 0 Å². The molecule has 0 aliphatic carbocycles. The summed E-state index contributed by atoms with van der Waals surface area (Å²) in [5, 5.41) is 15.0. The first-order valence-electron chi connectivity index (χ1n) is 9.34. The van der Waals surface area contributed by atoms with Crippen molar-refractivity contribution >= 4 is 11.5 Å². The Hall–Kier alpha value is -1.92. The quantitative estimate of drug-likeness (QED) is 0.894. The highest BCUT2D eigenvalue weighted by Gasteiger charge is 2.36. The molecule has 1 aromatic carbocycles. The molecule has 1 aromatic rings. The van der Waals surface area contributed by atoms with Gasteiger partial charge in [0.2, 0.25) is 0 Å². The zero-order valence-corrected chi connectivity index (χ0v) is 14.5. The second kappa shape index (κ2) is 7.54. The Morgan fingerprint density at radius 1 is 1.16 bits per heavy atom. The molecule has 6 heteroatoms. The van der Waals surface area contributed by atoms with Gasteiger partial charge in [0.05, 0.1) is 11.8 Å². The van der Waals surface area contributed by atoms with Gasteiger partial charge in [0.25, 0.3) is 0 Å². The number of benzene rings is 1. The van der Waals surface area contributed by atoms with Crippen molar-refractivity contribution in [2.24, 2.45) is 15.4 Å². The maximum atomic E-state index is 12.9. The number of ketones is 1. The summed E-state index contributed by atoms with van der Waals surface area (Å²) in [6, 6.07) is 8.44. The molecule has 25 heavy (non-hydrogen) atoms. The van der Waals surface area contributed by atoms with E-state index in [4.69, 9.17) is 0 Å². The predicted octanol–water partition coefficient (Wildman–Crippen LogP) is 2.18. The molecule has 2 saturated heterocycles. The van der Waals surface area contributed by atoms with Crippen molar-refractivity contribution in [2.45, 2.75) is 44.2 Å². The van der Waals surface area contributed by atoms with Crippen LogP contribution in [0.5, 0.6) is 0 Å². The van der Waals surface area contributed by atoms with E-state index in [1.165, 1.54) is 19.3 Å². The van der Waals surface area contributed by atoms with E-state index in [1.807, 2.05) is 24.3 Å². The average molecular weight is 339 g/mol. The lowest BCUT2D eigenvalue weighted by atomic mass is 9.96. The highest BCUT2D eigenvalue weighted by Crippen LogP contribution is 2.22. The van der Waals surface area contributed by atoms with Crippen molar-refractivity contribution in [1.29, 1.82) is 0 Å². The summed E-state index contributed by atoms with van der Waals surface area (Å²) < 4.78 is 0. The third-order valence-electron chi connectivity index (χ3n) is 5.51. The lowest BCUT2D eigenvalue weighted by molar-refractivity contribution is -0.121. The summed E-state index contributed by atoms with van der Waals surface area (Å²) >= 11 is 0. The van der Waals surface area contributed by atoms with Crippen LogP contribution < -0.4 is 5.32 Å². The number of hydrogen-bond donors (Lipinski definition) is 1. The van der Waals surface area contributed by atoms with Crippen molar-refractivity contribution in [1.82, 2.24) is 10.2 Å². The molecule has 3 aliphatic heterocycles.